The van der Waals surface area contributed by atoms with E-state index in [-0.39, 0.29) is 0 Å². The fourth-order valence-corrected chi connectivity index (χ4v) is 1.83. The fraction of sp³-hybridized carbons (Fsp3) is 0.889. The summed E-state index contributed by atoms with van der Waals surface area (Å²) < 4.78 is 5.35. The van der Waals surface area contributed by atoms with Crippen LogP contribution in [0.4, 0.5) is 0 Å². The quantitative estimate of drug-likeness (QED) is 0.646. The first-order valence-electron chi connectivity index (χ1n) is 4.99. The molecular weight excluding hydrogens is 184 g/mol. The molecule has 0 radical (unpaired) electrons. The average Bonchev–Trinajstić information content (AvgIpc) is 2.90. The zero-order chi connectivity index (χ0) is 9.10. The second-order valence-corrected chi connectivity index (χ2v) is 4.21. The maximum Gasteiger partial charge on any atom is 0.166 e. The van der Waals surface area contributed by atoms with E-state index < -0.39 is 0 Å². The van der Waals surface area contributed by atoms with E-state index in [0.717, 1.165) is 24.7 Å². The summed E-state index contributed by atoms with van der Waals surface area (Å²) in [4.78, 5) is 0. The Bertz CT molecular complexity index is 188. The van der Waals surface area contributed by atoms with Gasteiger partial charge in [-0.15, -0.1) is 0 Å². The third kappa shape index (κ3) is 3.12. The minimum Gasteiger partial charge on any atom is -0.379 e. The average molecular weight is 200 g/mol. The molecule has 4 heteroatoms. The van der Waals surface area contributed by atoms with Gasteiger partial charge in [-0.2, -0.15) is 0 Å². The Morgan fingerprint density at radius 3 is 2.54 bits per heavy atom. The van der Waals surface area contributed by atoms with Crippen LogP contribution in [0.2, 0.25) is 0 Å². The maximum atomic E-state index is 5.35. The molecule has 0 aromatic rings. The molecule has 13 heavy (non-hydrogen) atoms. The first-order chi connectivity index (χ1) is 6.34. The van der Waals surface area contributed by atoms with Gasteiger partial charge in [0, 0.05) is 12.6 Å². The second-order valence-electron chi connectivity index (χ2n) is 3.81. The molecule has 1 heterocycles. The zero-order valence-corrected chi connectivity index (χ0v) is 8.53. The molecule has 0 aromatic heterocycles. The first-order valence-corrected chi connectivity index (χ1v) is 5.40. The van der Waals surface area contributed by atoms with Crippen LogP contribution in [0.5, 0.6) is 0 Å². The van der Waals surface area contributed by atoms with Crippen molar-refractivity contribution in [3.05, 3.63) is 0 Å². The van der Waals surface area contributed by atoms with Crippen LogP contribution in [-0.4, -0.2) is 30.4 Å². The van der Waals surface area contributed by atoms with Crippen molar-refractivity contribution in [2.45, 2.75) is 37.8 Å². The Morgan fingerprint density at radius 2 is 1.92 bits per heavy atom. The summed E-state index contributed by atoms with van der Waals surface area (Å²) in [5, 5.41) is 7.36. The highest BCUT2D eigenvalue weighted by molar-refractivity contribution is 7.80. The first kappa shape index (κ1) is 9.21. The molecule has 0 spiro atoms. The molecule has 1 unspecified atom stereocenters. The fourth-order valence-electron chi connectivity index (χ4n) is 1.49. The summed E-state index contributed by atoms with van der Waals surface area (Å²) in [7, 11) is 0. The van der Waals surface area contributed by atoms with E-state index in [1.165, 1.54) is 19.3 Å². The maximum absolute atomic E-state index is 5.35. The largest absolute Gasteiger partial charge is 0.379 e. The van der Waals surface area contributed by atoms with Crippen molar-refractivity contribution >= 4 is 17.3 Å². The molecule has 2 rings (SSSR count). The van der Waals surface area contributed by atoms with Crippen molar-refractivity contribution in [1.82, 2.24) is 10.6 Å². The molecule has 1 atom stereocenters. The summed E-state index contributed by atoms with van der Waals surface area (Å²) in [6.45, 7) is 1.70. The molecule has 3 nitrogen and oxygen atoms in total. The predicted molar refractivity (Wildman–Crippen MR) is 55.7 cm³/mol. The van der Waals surface area contributed by atoms with E-state index in [1.807, 2.05) is 0 Å². The van der Waals surface area contributed by atoms with Gasteiger partial charge in [0.15, 0.2) is 5.11 Å². The SMILES string of the molecule is S=C(NC1CC1)NC1CCCOC1. The molecule has 1 aliphatic carbocycles. The van der Waals surface area contributed by atoms with Crippen LogP contribution in [0.3, 0.4) is 0 Å². The topological polar surface area (TPSA) is 33.3 Å². The molecule has 1 saturated carbocycles. The summed E-state index contributed by atoms with van der Waals surface area (Å²) in [5.74, 6) is 0. The van der Waals surface area contributed by atoms with Gasteiger partial charge in [-0.25, -0.2) is 0 Å². The van der Waals surface area contributed by atoms with Crippen molar-refractivity contribution in [3.63, 3.8) is 0 Å². The van der Waals surface area contributed by atoms with Gasteiger partial charge in [-0.05, 0) is 37.9 Å². The van der Waals surface area contributed by atoms with Crippen molar-refractivity contribution in [1.29, 1.82) is 0 Å². The van der Waals surface area contributed by atoms with Crippen LogP contribution in [0.25, 0.3) is 0 Å². The van der Waals surface area contributed by atoms with Crippen LogP contribution < -0.4 is 10.6 Å². The molecular formula is C9H16N2OS. The van der Waals surface area contributed by atoms with Gasteiger partial charge in [-0.3, -0.25) is 0 Å². The van der Waals surface area contributed by atoms with Crippen molar-refractivity contribution in [2.75, 3.05) is 13.2 Å². The van der Waals surface area contributed by atoms with Gasteiger partial charge in [0.05, 0.1) is 12.6 Å². The summed E-state index contributed by atoms with van der Waals surface area (Å²) in [6, 6.07) is 1.07. The second kappa shape index (κ2) is 4.24. The highest BCUT2D eigenvalue weighted by Crippen LogP contribution is 2.18. The Kier molecular flexibility index (Phi) is 3.01. The van der Waals surface area contributed by atoms with Crippen LogP contribution >= 0.6 is 12.2 Å². The summed E-state index contributed by atoms with van der Waals surface area (Å²) >= 11 is 5.17. The van der Waals surface area contributed by atoms with E-state index in [0.29, 0.717) is 12.1 Å². The van der Waals surface area contributed by atoms with Crippen molar-refractivity contribution in [3.8, 4) is 0 Å². The molecule has 1 saturated heterocycles. The third-order valence-electron chi connectivity index (χ3n) is 2.41. The number of nitrogens with one attached hydrogen (secondary N) is 2. The van der Waals surface area contributed by atoms with Crippen LogP contribution in [-0.2, 0) is 4.74 Å². The molecule has 2 aliphatic rings. The Hall–Kier alpha value is -0.350. The number of hydrogen-bond acceptors (Lipinski definition) is 2. The number of thiocarbonyl (C=S) groups is 1. The van der Waals surface area contributed by atoms with Crippen molar-refractivity contribution in [2.24, 2.45) is 0 Å². The molecule has 0 aromatic carbocycles. The number of rotatable bonds is 2. The molecule has 0 bridgehead atoms. The molecule has 1 aliphatic heterocycles. The van der Waals surface area contributed by atoms with Crippen molar-refractivity contribution < 1.29 is 4.74 Å². The lowest BCUT2D eigenvalue weighted by Gasteiger charge is -2.24. The Balaban J connectivity index is 1.66. The van der Waals surface area contributed by atoms with E-state index >= 15 is 0 Å². The van der Waals surface area contributed by atoms with E-state index in [2.05, 4.69) is 10.6 Å². The normalized spacial score (nSPS) is 28.2. The summed E-state index contributed by atoms with van der Waals surface area (Å²) in [5.41, 5.74) is 0. The molecule has 2 fully saturated rings. The lowest BCUT2D eigenvalue weighted by molar-refractivity contribution is 0.0763. The molecule has 0 amide bonds. The van der Waals surface area contributed by atoms with Gasteiger partial charge in [0.1, 0.15) is 0 Å². The highest BCUT2D eigenvalue weighted by atomic mass is 32.1. The molecule has 2 N–H and O–H groups in total. The predicted octanol–water partition coefficient (Wildman–Crippen LogP) is 0.792. The lowest BCUT2D eigenvalue weighted by Crippen LogP contribution is -2.46. The van der Waals surface area contributed by atoms with Gasteiger partial charge in [-0.1, -0.05) is 0 Å². The third-order valence-corrected chi connectivity index (χ3v) is 2.64. The van der Waals surface area contributed by atoms with E-state index in [4.69, 9.17) is 17.0 Å². The monoisotopic (exact) mass is 200 g/mol. The minimum atomic E-state index is 0.424. The zero-order valence-electron chi connectivity index (χ0n) is 7.71. The number of ether oxygens (including phenoxy) is 1. The smallest absolute Gasteiger partial charge is 0.166 e. The highest BCUT2D eigenvalue weighted by Gasteiger charge is 2.23. The lowest BCUT2D eigenvalue weighted by atomic mass is 10.1. The van der Waals surface area contributed by atoms with Gasteiger partial charge >= 0.3 is 0 Å². The standard InChI is InChI=1S/C9H16N2OS/c13-9(10-7-3-4-7)11-8-2-1-5-12-6-8/h7-8H,1-6H2,(H2,10,11,13). The Morgan fingerprint density at radius 1 is 1.15 bits per heavy atom. The Labute approximate surface area is 84.2 Å². The summed E-state index contributed by atoms with van der Waals surface area (Å²) in [6.07, 6.45) is 4.85. The number of hydrogen-bond donors (Lipinski definition) is 2. The van der Waals surface area contributed by atoms with E-state index in [9.17, 15) is 0 Å². The van der Waals surface area contributed by atoms with Crippen LogP contribution in [0, 0.1) is 0 Å². The van der Waals surface area contributed by atoms with Crippen LogP contribution in [0.15, 0.2) is 0 Å². The van der Waals surface area contributed by atoms with Gasteiger partial charge < -0.3 is 15.4 Å². The molecule has 74 valence electrons. The van der Waals surface area contributed by atoms with Crippen LogP contribution in [0.1, 0.15) is 25.7 Å². The van der Waals surface area contributed by atoms with Gasteiger partial charge in [0.2, 0.25) is 0 Å². The van der Waals surface area contributed by atoms with E-state index in [1.54, 1.807) is 0 Å². The van der Waals surface area contributed by atoms with Gasteiger partial charge in [0.25, 0.3) is 0 Å². The minimum absolute atomic E-state index is 0.424.